The molecule has 0 fully saturated rings. The molecule has 4 heteroatoms. The zero-order valence-corrected chi connectivity index (χ0v) is 12.5. The van der Waals surface area contributed by atoms with Gasteiger partial charge in [-0.05, 0) is 25.5 Å². The van der Waals surface area contributed by atoms with Gasteiger partial charge in [-0.15, -0.1) is 11.6 Å². The lowest BCUT2D eigenvalue weighted by Gasteiger charge is -2.23. The molecule has 0 spiro atoms. The number of benzene rings is 1. The lowest BCUT2D eigenvalue weighted by Crippen LogP contribution is -2.33. The van der Waals surface area contributed by atoms with Gasteiger partial charge in [-0.3, -0.25) is 4.79 Å². The number of alkyl halides is 1. The topological polar surface area (TPSA) is 32.3 Å². The summed E-state index contributed by atoms with van der Waals surface area (Å²) in [4.78, 5) is 13.9. The molecule has 1 N–H and O–H groups in total. The van der Waals surface area contributed by atoms with Gasteiger partial charge in [-0.1, -0.05) is 25.1 Å². The highest BCUT2D eigenvalue weighted by molar-refractivity contribution is 6.19. The number of carbonyl (C=O) groups excluding carboxylic acids is 1. The van der Waals surface area contributed by atoms with Crippen LogP contribution in [0.1, 0.15) is 20.3 Å². The summed E-state index contributed by atoms with van der Waals surface area (Å²) in [5.74, 6) is 0.299. The van der Waals surface area contributed by atoms with Gasteiger partial charge in [0.15, 0.2) is 0 Å². The van der Waals surface area contributed by atoms with Crippen LogP contribution >= 0.6 is 11.6 Å². The minimum absolute atomic E-state index is 0.0396. The average Bonchev–Trinajstić information content (AvgIpc) is 2.47. The van der Waals surface area contributed by atoms with Crippen LogP contribution in [0, 0.1) is 5.92 Å². The Morgan fingerprint density at radius 3 is 2.63 bits per heavy atom. The lowest BCUT2D eigenvalue weighted by molar-refractivity contribution is -0.123. The summed E-state index contributed by atoms with van der Waals surface area (Å²) in [6.45, 7) is 6.58. The maximum absolute atomic E-state index is 11.5. The van der Waals surface area contributed by atoms with Crippen molar-refractivity contribution in [3.05, 3.63) is 30.3 Å². The number of hydrogen-bond donors (Lipinski definition) is 1. The first-order valence-electron chi connectivity index (χ1n) is 6.82. The molecular weight excluding hydrogens is 260 g/mol. The van der Waals surface area contributed by atoms with Crippen LogP contribution in [0.4, 0.5) is 5.69 Å². The molecule has 3 nitrogen and oxygen atoms in total. The SMILES string of the molecule is CCN(CCCNC(=O)C(C)CCl)c1ccccc1. The van der Waals surface area contributed by atoms with E-state index in [1.54, 1.807) is 0 Å². The van der Waals surface area contributed by atoms with Crippen LogP contribution in [0.15, 0.2) is 30.3 Å². The first kappa shape index (κ1) is 15.8. The Bertz CT molecular complexity index is 370. The predicted molar refractivity (Wildman–Crippen MR) is 81.8 cm³/mol. The molecule has 1 amide bonds. The van der Waals surface area contributed by atoms with E-state index in [9.17, 15) is 4.79 Å². The molecule has 1 aromatic rings. The molecule has 106 valence electrons. The fraction of sp³-hybridized carbons (Fsp3) is 0.533. The molecular formula is C15H23ClN2O. The summed E-state index contributed by atoms with van der Waals surface area (Å²) < 4.78 is 0. The van der Waals surface area contributed by atoms with Crippen LogP contribution in [0.3, 0.4) is 0 Å². The number of halogens is 1. The quantitative estimate of drug-likeness (QED) is 0.587. The fourth-order valence-corrected chi connectivity index (χ4v) is 1.97. The maximum Gasteiger partial charge on any atom is 0.224 e. The fourth-order valence-electron chi connectivity index (χ4n) is 1.83. The van der Waals surface area contributed by atoms with Crippen molar-refractivity contribution in [3.8, 4) is 0 Å². The van der Waals surface area contributed by atoms with E-state index in [2.05, 4.69) is 29.3 Å². The minimum Gasteiger partial charge on any atom is -0.372 e. The molecule has 0 saturated carbocycles. The molecule has 1 rings (SSSR count). The Hall–Kier alpha value is -1.22. The molecule has 0 aliphatic carbocycles. The van der Waals surface area contributed by atoms with Crippen LogP contribution in [-0.4, -0.2) is 31.4 Å². The molecule has 1 unspecified atom stereocenters. The number of amides is 1. The van der Waals surface area contributed by atoms with Gasteiger partial charge in [0.05, 0.1) is 0 Å². The third-order valence-electron chi connectivity index (χ3n) is 3.09. The number of para-hydroxylation sites is 1. The normalized spacial score (nSPS) is 11.9. The van der Waals surface area contributed by atoms with Gasteiger partial charge in [0.25, 0.3) is 0 Å². The van der Waals surface area contributed by atoms with E-state index in [1.165, 1.54) is 5.69 Å². The predicted octanol–water partition coefficient (Wildman–Crippen LogP) is 2.89. The number of nitrogens with zero attached hydrogens (tertiary/aromatic N) is 1. The van der Waals surface area contributed by atoms with Gasteiger partial charge >= 0.3 is 0 Å². The second kappa shape index (κ2) is 8.81. The third-order valence-corrected chi connectivity index (χ3v) is 3.55. The molecule has 0 saturated heterocycles. The summed E-state index contributed by atoms with van der Waals surface area (Å²) in [6.07, 6.45) is 0.934. The van der Waals surface area contributed by atoms with E-state index < -0.39 is 0 Å². The molecule has 0 aliphatic heterocycles. The maximum atomic E-state index is 11.5. The van der Waals surface area contributed by atoms with Crippen molar-refractivity contribution in [1.29, 1.82) is 0 Å². The number of anilines is 1. The van der Waals surface area contributed by atoms with Gasteiger partial charge in [-0.25, -0.2) is 0 Å². The second-order valence-corrected chi connectivity index (χ2v) is 4.92. The average molecular weight is 283 g/mol. The van der Waals surface area contributed by atoms with Crippen molar-refractivity contribution >= 4 is 23.2 Å². The van der Waals surface area contributed by atoms with Crippen molar-refractivity contribution in [2.75, 3.05) is 30.4 Å². The van der Waals surface area contributed by atoms with Crippen molar-refractivity contribution in [2.45, 2.75) is 20.3 Å². The Morgan fingerprint density at radius 1 is 1.37 bits per heavy atom. The summed E-state index contributed by atoms with van der Waals surface area (Å²) in [5, 5.41) is 2.91. The Morgan fingerprint density at radius 2 is 2.05 bits per heavy atom. The Labute approximate surface area is 120 Å². The smallest absolute Gasteiger partial charge is 0.224 e. The van der Waals surface area contributed by atoms with Crippen molar-refractivity contribution in [3.63, 3.8) is 0 Å². The van der Waals surface area contributed by atoms with Crippen LogP contribution in [-0.2, 0) is 4.79 Å². The Kier molecular flexibility index (Phi) is 7.34. The number of hydrogen-bond acceptors (Lipinski definition) is 2. The lowest BCUT2D eigenvalue weighted by atomic mass is 10.2. The molecule has 19 heavy (non-hydrogen) atoms. The summed E-state index contributed by atoms with van der Waals surface area (Å²) in [7, 11) is 0. The molecule has 0 bridgehead atoms. The number of nitrogens with one attached hydrogen (secondary N) is 1. The number of carbonyl (C=O) groups is 1. The van der Waals surface area contributed by atoms with Crippen LogP contribution in [0.25, 0.3) is 0 Å². The van der Waals surface area contributed by atoms with Crippen molar-refractivity contribution < 1.29 is 4.79 Å². The molecule has 0 heterocycles. The van der Waals surface area contributed by atoms with Gasteiger partial charge in [0.1, 0.15) is 0 Å². The van der Waals surface area contributed by atoms with Crippen LogP contribution in [0.2, 0.25) is 0 Å². The van der Waals surface area contributed by atoms with E-state index in [0.29, 0.717) is 12.4 Å². The van der Waals surface area contributed by atoms with E-state index in [0.717, 1.165) is 19.5 Å². The first-order chi connectivity index (χ1) is 9.19. The third kappa shape index (κ3) is 5.52. The van der Waals surface area contributed by atoms with Gasteiger partial charge in [0, 0.05) is 37.1 Å². The Balaban J connectivity index is 2.30. The first-order valence-corrected chi connectivity index (χ1v) is 7.36. The molecule has 0 aliphatic rings. The number of rotatable bonds is 8. The van der Waals surface area contributed by atoms with Crippen LogP contribution < -0.4 is 10.2 Å². The molecule has 0 radical (unpaired) electrons. The monoisotopic (exact) mass is 282 g/mol. The minimum atomic E-state index is -0.113. The standard InChI is InChI=1S/C15H23ClN2O/c1-3-18(14-8-5-4-6-9-14)11-7-10-17-15(19)13(2)12-16/h4-6,8-9,13H,3,7,10-12H2,1-2H3,(H,17,19). The molecule has 1 atom stereocenters. The van der Waals surface area contributed by atoms with Gasteiger partial charge in [-0.2, -0.15) is 0 Å². The molecule has 0 aromatic heterocycles. The highest BCUT2D eigenvalue weighted by Gasteiger charge is 2.10. The van der Waals surface area contributed by atoms with E-state index in [-0.39, 0.29) is 11.8 Å². The zero-order chi connectivity index (χ0) is 14.1. The highest BCUT2D eigenvalue weighted by atomic mass is 35.5. The van der Waals surface area contributed by atoms with Crippen LogP contribution in [0.5, 0.6) is 0 Å². The van der Waals surface area contributed by atoms with Crippen molar-refractivity contribution in [1.82, 2.24) is 5.32 Å². The second-order valence-electron chi connectivity index (χ2n) is 4.62. The summed E-state index contributed by atoms with van der Waals surface area (Å²) >= 11 is 5.64. The largest absolute Gasteiger partial charge is 0.372 e. The zero-order valence-electron chi connectivity index (χ0n) is 11.7. The van der Waals surface area contributed by atoms with Gasteiger partial charge < -0.3 is 10.2 Å². The van der Waals surface area contributed by atoms with E-state index in [4.69, 9.17) is 11.6 Å². The van der Waals surface area contributed by atoms with Gasteiger partial charge in [0.2, 0.25) is 5.91 Å². The highest BCUT2D eigenvalue weighted by Crippen LogP contribution is 2.12. The summed E-state index contributed by atoms with van der Waals surface area (Å²) in [6, 6.07) is 10.3. The van der Waals surface area contributed by atoms with E-state index >= 15 is 0 Å². The van der Waals surface area contributed by atoms with E-state index in [1.807, 2.05) is 25.1 Å². The van der Waals surface area contributed by atoms with Crippen molar-refractivity contribution in [2.24, 2.45) is 5.92 Å². The molecule has 1 aromatic carbocycles. The summed E-state index contributed by atoms with van der Waals surface area (Å²) in [5.41, 5.74) is 1.23.